The number of benzene rings is 2. The van der Waals surface area contributed by atoms with Gasteiger partial charge in [-0.3, -0.25) is 14.5 Å². The monoisotopic (exact) mass is 322 g/mol. The third-order valence-electron chi connectivity index (χ3n) is 4.41. The van der Waals surface area contributed by atoms with E-state index in [4.69, 9.17) is 0 Å². The number of imide groups is 1. The number of hydrogen-bond acceptors (Lipinski definition) is 3. The van der Waals surface area contributed by atoms with Gasteiger partial charge in [0.2, 0.25) is 5.91 Å². The van der Waals surface area contributed by atoms with E-state index < -0.39 is 6.04 Å². The van der Waals surface area contributed by atoms with Crippen LogP contribution >= 0.6 is 0 Å². The molecule has 1 saturated heterocycles. The molecule has 1 N–H and O–H groups in total. The van der Waals surface area contributed by atoms with Crippen molar-refractivity contribution in [2.45, 2.75) is 32.2 Å². The van der Waals surface area contributed by atoms with Crippen LogP contribution in [0.1, 0.15) is 24.5 Å². The molecule has 0 aliphatic carbocycles. The molecule has 3 rings (SSSR count). The molecule has 4 heteroatoms. The van der Waals surface area contributed by atoms with Crippen LogP contribution in [0.15, 0.2) is 54.6 Å². The number of nitrogens with zero attached hydrogens (tertiary/aromatic N) is 1. The van der Waals surface area contributed by atoms with E-state index in [9.17, 15) is 9.59 Å². The van der Waals surface area contributed by atoms with Gasteiger partial charge in [0.15, 0.2) is 0 Å². The van der Waals surface area contributed by atoms with E-state index >= 15 is 0 Å². The van der Waals surface area contributed by atoms with Crippen molar-refractivity contribution < 1.29 is 9.59 Å². The van der Waals surface area contributed by atoms with Crippen LogP contribution in [-0.4, -0.2) is 29.3 Å². The summed E-state index contributed by atoms with van der Waals surface area (Å²) in [6, 6.07) is 17.5. The van der Waals surface area contributed by atoms with Crippen LogP contribution < -0.4 is 5.32 Å². The van der Waals surface area contributed by atoms with Gasteiger partial charge in [0, 0.05) is 12.2 Å². The molecule has 0 radical (unpaired) electrons. The second kappa shape index (κ2) is 7.30. The summed E-state index contributed by atoms with van der Waals surface area (Å²) in [7, 11) is 0. The van der Waals surface area contributed by atoms with Gasteiger partial charge in [-0.05, 0) is 36.1 Å². The van der Waals surface area contributed by atoms with Gasteiger partial charge < -0.3 is 5.32 Å². The van der Waals surface area contributed by atoms with E-state index in [1.807, 2.05) is 54.6 Å². The number of hydrogen-bond donors (Lipinski definition) is 1. The Bertz CT molecular complexity index is 710. The largest absolute Gasteiger partial charge is 0.373 e. The Morgan fingerprint density at radius 1 is 1.00 bits per heavy atom. The van der Waals surface area contributed by atoms with Crippen molar-refractivity contribution >= 4 is 17.5 Å². The summed E-state index contributed by atoms with van der Waals surface area (Å²) >= 11 is 0. The van der Waals surface area contributed by atoms with Crippen molar-refractivity contribution in [3.8, 4) is 0 Å². The van der Waals surface area contributed by atoms with Crippen molar-refractivity contribution in [1.29, 1.82) is 0 Å². The van der Waals surface area contributed by atoms with E-state index in [0.717, 1.165) is 17.7 Å². The molecular weight excluding hydrogens is 300 g/mol. The summed E-state index contributed by atoms with van der Waals surface area (Å²) in [4.78, 5) is 26.1. The van der Waals surface area contributed by atoms with Crippen LogP contribution in [0.25, 0.3) is 0 Å². The van der Waals surface area contributed by atoms with E-state index in [1.54, 1.807) is 0 Å². The molecule has 0 bridgehead atoms. The fraction of sp³-hybridized carbons (Fsp3) is 0.300. The van der Waals surface area contributed by atoms with E-state index in [1.165, 1.54) is 10.5 Å². The fourth-order valence-electron chi connectivity index (χ4n) is 2.95. The first-order valence-electron chi connectivity index (χ1n) is 8.41. The van der Waals surface area contributed by atoms with Gasteiger partial charge in [0.1, 0.15) is 6.04 Å². The lowest BCUT2D eigenvalue weighted by molar-refractivity contribution is -0.138. The van der Waals surface area contributed by atoms with Crippen LogP contribution in [0.4, 0.5) is 5.69 Å². The second-order valence-electron chi connectivity index (χ2n) is 6.07. The SMILES string of the molecule is CCc1ccc(N[C@H]2CC(=O)N(CCc3ccccc3)C2=O)cc1. The first-order chi connectivity index (χ1) is 11.7. The second-order valence-corrected chi connectivity index (χ2v) is 6.07. The Morgan fingerprint density at radius 2 is 1.71 bits per heavy atom. The highest BCUT2D eigenvalue weighted by atomic mass is 16.2. The Morgan fingerprint density at radius 3 is 2.38 bits per heavy atom. The number of aryl methyl sites for hydroxylation is 1. The molecule has 1 fully saturated rings. The Labute approximate surface area is 142 Å². The van der Waals surface area contributed by atoms with Gasteiger partial charge >= 0.3 is 0 Å². The summed E-state index contributed by atoms with van der Waals surface area (Å²) in [6.07, 6.45) is 1.90. The number of rotatable bonds is 6. The molecular formula is C20H22N2O2. The lowest BCUT2D eigenvalue weighted by Crippen LogP contribution is -2.36. The Hall–Kier alpha value is -2.62. The van der Waals surface area contributed by atoms with Crippen LogP contribution in [0, 0.1) is 0 Å². The predicted molar refractivity (Wildman–Crippen MR) is 94.7 cm³/mol. The first-order valence-corrected chi connectivity index (χ1v) is 8.41. The minimum atomic E-state index is -0.458. The Balaban J connectivity index is 1.60. The number of anilines is 1. The fourth-order valence-corrected chi connectivity index (χ4v) is 2.95. The zero-order valence-electron chi connectivity index (χ0n) is 13.9. The van der Waals surface area contributed by atoms with Crippen molar-refractivity contribution in [1.82, 2.24) is 4.90 Å². The summed E-state index contributed by atoms with van der Waals surface area (Å²) in [5, 5.41) is 3.19. The molecule has 2 aromatic carbocycles. The zero-order chi connectivity index (χ0) is 16.9. The highest BCUT2D eigenvalue weighted by Crippen LogP contribution is 2.19. The predicted octanol–water partition coefficient (Wildman–Crippen LogP) is 3.03. The maximum atomic E-state index is 12.5. The number of carbonyl (C=O) groups excluding carboxylic acids is 2. The molecule has 0 unspecified atom stereocenters. The van der Waals surface area contributed by atoms with E-state index in [-0.39, 0.29) is 18.2 Å². The van der Waals surface area contributed by atoms with Gasteiger partial charge in [-0.1, -0.05) is 49.4 Å². The minimum absolute atomic E-state index is 0.0985. The van der Waals surface area contributed by atoms with Gasteiger partial charge in [0.05, 0.1) is 6.42 Å². The highest BCUT2D eigenvalue weighted by Gasteiger charge is 2.38. The maximum Gasteiger partial charge on any atom is 0.252 e. The topological polar surface area (TPSA) is 49.4 Å². The molecule has 0 saturated carbocycles. The average Bonchev–Trinajstić information content (AvgIpc) is 2.88. The third-order valence-corrected chi connectivity index (χ3v) is 4.41. The number of amides is 2. The van der Waals surface area contributed by atoms with Crippen molar-refractivity contribution in [3.63, 3.8) is 0 Å². The van der Waals surface area contributed by atoms with E-state index in [2.05, 4.69) is 12.2 Å². The molecule has 2 amide bonds. The molecule has 1 aliphatic rings. The minimum Gasteiger partial charge on any atom is -0.373 e. The van der Waals surface area contributed by atoms with E-state index in [0.29, 0.717) is 13.0 Å². The summed E-state index contributed by atoms with van der Waals surface area (Å²) in [5.74, 6) is -0.228. The van der Waals surface area contributed by atoms with Crippen LogP contribution in [0.2, 0.25) is 0 Å². The van der Waals surface area contributed by atoms with Crippen molar-refractivity contribution in [2.75, 3.05) is 11.9 Å². The Kier molecular flexibility index (Phi) is 4.94. The zero-order valence-corrected chi connectivity index (χ0v) is 13.9. The molecule has 0 spiro atoms. The smallest absolute Gasteiger partial charge is 0.252 e. The lowest BCUT2D eigenvalue weighted by Gasteiger charge is -2.16. The lowest BCUT2D eigenvalue weighted by atomic mass is 10.1. The molecule has 0 aromatic heterocycles. The quantitative estimate of drug-likeness (QED) is 0.832. The number of nitrogens with one attached hydrogen (secondary N) is 1. The molecule has 2 aromatic rings. The highest BCUT2D eigenvalue weighted by molar-refractivity contribution is 6.06. The van der Waals surface area contributed by atoms with Crippen LogP contribution in [0.5, 0.6) is 0 Å². The summed E-state index contributed by atoms with van der Waals surface area (Å²) in [6.45, 7) is 2.54. The molecule has 1 heterocycles. The number of likely N-dealkylation sites (tertiary alicyclic amines) is 1. The molecule has 124 valence electrons. The molecule has 24 heavy (non-hydrogen) atoms. The van der Waals surface area contributed by atoms with Crippen LogP contribution in [0.3, 0.4) is 0 Å². The van der Waals surface area contributed by atoms with Gasteiger partial charge in [-0.15, -0.1) is 0 Å². The van der Waals surface area contributed by atoms with Gasteiger partial charge in [-0.2, -0.15) is 0 Å². The molecule has 4 nitrogen and oxygen atoms in total. The van der Waals surface area contributed by atoms with Crippen LogP contribution in [-0.2, 0) is 22.4 Å². The maximum absolute atomic E-state index is 12.5. The standard InChI is InChI=1S/C20H22N2O2/c1-2-15-8-10-17(11-9-15)21-18-14-19(23)22(20(18)24)13-12-16-6-4-3-5-7-16/h3-11,18,21H,2,12-14H2,1H3/t18-/m0/s1. The molecule has 1 aliphatic heterocycles. The van der Waals surface area contributed by atoms with Gasteiger partial charge in [0.25, 0.3) is 5.91 Å². The first kappa shape index (κ1) is 16.2. The van der Waals surface area contributed by atoms with Crippen molar-refractivity contribution in [3.05, 3.63) is 65.7 Å². The average molecular weight is 322 g/mol. The number of carbonyl (C=O) groups is 2. The third kappa shape index (κ3) is 3.65. The van der Waals surface area contributed by atoms with Gasteiger partial charge in [-0.25, -0.2) is 0 Å². The van der Waals surface area contributed by atoms with Crippen molar-refractivity contribution in [2.24, 2.45) is 0 Å². The molecule has 1 atom stereocenters. The normalized spacial score (nSPS) is 17.4. The summed E-state index contributed by atoms with van der Waals surface area (Å²) in [5.41, 5.74) is 3.26. The summed E-state index contributed by atoms with van der Waals surface area (Å²) < 4.78 is 0.